The van der Waals surface area contributed by atoms with Crippen LogP contribution in [0.15, 0.2) is 12.2 Å². The Kier molecular flexibility index (Phi) is 6.03. The van der Waals surface area contributed by atoms with Gasteiger partial charge in [-0.25, -0.2) is 0 Å². The van der Waals surface area contributed by atoms with E-state index in [1.165, 1.54) is 18.5 Å². The van der Waals surface area contributed by atoms with Crippen LogP contribution in [0, 0.1) is 0 Å². The van der Waals surface area contributed by atoms with E-state index in [-0.39, 0.29) is 0 Å². The molecule has 2 atom stereocenters. The quantitative estimate of drug-likeness (QED) is 0.697. The number of nitrogens with zero attached hydrogens (tertiary/aromatic N) is 1. The monoisotopic (exact) mass is 226 g/mol. The Morgan fingerprint density at radius 3 is 2.94 bits per heavy atom. The molecular formula is C13H26N2O. The second kappa shape index (κ2) is 7.05. The van der Waals surface area contributed by atoms with Crippen molar-refractivity contribution in [3.05, 3.63) is 12.2 Å². The smallest absolute Gasteiger partial charge is 0.0858 e. The number of nitrogens with one attached hydrogen (secondary N) is 1. The summed E-state index contributed by atoms with van der Waals surface area (Å²) in [6.07, 6.45) is 2.53. The summed E-state index contributed by atoms with van der Waals surface area (Å²) in [4.78, 5) is 2.50. The van der Waals surface area contributed by atoms with Gasteiger partial charge >= 0.3 is 0 Å². The van der Waals surface area contributed by atoms with E-state index in [0.29, 0.717) is 12.1 Å². The Labute approximate surface area is 99.8 Å². The Morgan fingerprint density at radius 2 is 2.38 bits per heavy atom. The van der Waals surface area contributed by atoms with Crippen molar-refractivity contribution in [1.29, 1.82) is 0 Å². The van der Waals surface area contributed by atoms with Crippen LogP contribution in [0.25, 0.3) is 0 Å². The summed E-state index contributed by atoms with van der Waals surface area (Å²) in [5, 5.41) is 3.35. The maximum absolute atomic E-state index is 5.86. The maximum Gasteiger partial charge on any atom is 0.0858 e. The average molecular weight is 226 g/mol. The normalized spacial score (nSPS) is 24.3. The minimum Gasteiger partial charge on any atom is -0.374 e. The molecule has 0 saturated carbocycles. The summed E-state index contributed by atoms with van der Waals surface area (Å²) < 4.78 is 5.86. The SMILES string of the molecule is C=C(C)CC(NC)C1CN(CCC)CCO1. The van der Waals surface area contributed by atoms with Crippen LogP contribution >= 0.6 is 0 Å². The highest BCUT2D eigenvalue weighted by Gasteiger charge is 2.26. The number of hydrogen-bond donors (Lipinski definition) is 1. The van der Waals surface area contributed by atoms with E-state index in [1.807, 2.05) is 7.05 Å². The predicted octanol–water partition coefficient (Wildman–Crippen LogP) is 1.65. The van der Waals surface area contributed by atoms with Gasteiger partial charge in [-0.2, -0.15) is 0 Å². The highest BCUT2D eigenvalue weighted by atomic mass is 16.5. The van der Waals surface area contributed by atoms with Crippen molar-refractivity contribution >= 4 is 0 Å². The first-order valence-electron chi connectivity index (χ1n) is 6.33. The first-order valence-corrected chi connectivity index (χ1v) is 6.33. The lowest BCUT2D eigenvalue weighted by Crippen LogP contribution is -2.51. The third-order valence-electron chi connectivity index (χ3n) is 3.11. The van der Waals surface area contributed by atoms with Gasteiger partial charge in [0, 0.05) is 19.1 Å². The lowest BCUT2D eigenvalue weighted by Gasteiger charge is -2.37. The van der Waals surface area contributed by atoms with Crippen LogP contribution in [0.3, 0.4) is 0 Å². The van der Waals surface area contributed by atoms with Crippen LogP contribution in [0.4, 0.5) is 0 Å². The second-order valence-corrected chi connectivity index (χ2v) is 4.77. The molecule has 0 bridgehead atoms. The van der Waals surface area contributed by atoms with Gasteiger partial charge in [0.25, 0.3) is 0 Å². The molecule has 0 aromatic rings. The van der Waals surface area contributed by atoms with Gasteiger partial charge in [0.15, 0.2) is 0 Å². The molecule has 0 amide bonds. The second-order valence-electron chi connectivity index (χ2n) is 4.77. The molecule has 3 nitrogen and oxygen atoms in total. The molecule has 0 aromatic carbocycles. The van der Waals surface area contributed by atoms with Gasteiger partial charge in [0.2, 0.25) is 0 Å². The van der Waals surface area contributed by atoms with Crippen molar-refractivity contribution in [3.8, 4) is 0 Å². The van der Waals surface area contributed by atoms with Gasteiger partial charge in [-0.1, -0.05) is 12.5 Å². The molecule has 1 heterocycles. The number of morpholine rings is 1. The zero-order valence-electron chi connectivity index (χ0n) is 11.0. The topological polar surface area (TPSA) is 24.5 Å². The molecule has 0 radical (unpaired) electrons. The van der Waals surface area contributed by atoms with E-state index in [2.05, 4.69) is 30.6 Å². The summed E-state index contributed by atoms with van der Waals surface area (Å²) in [7, 11) is 2.01. The average Bonchev–Trinajstić information content (AvgIpc) is 2.26. The number of hydrogen-bond acceptors (Lipinski definition) is 3. The third-order valence-corrected chi connectivity index (χ3v) is 3.11. The lowest BCUT2D eigenvalue weighted by atomic mass is 10.0. The zero-order chi connectivity index (χ0) is 12.0. The molecule has 2 unspecified atom stereocenters. The molecule has 16 heavy (non-hydrogen) atoms. The van der Waals surface area contributed by atoms with Crippen LogP contribution in [-0.4, -0.2) is 50.3 Å². The van der Waals surface area contributed by atoms with Gasteiger partial charge in [-0.05, 0) is 33.4 Å². The van der Waals surface area contributed by atoms with Crippen LogP contribution in [-0.2, 0) is 4.74 Å². The highest BCUT2D eigenvalue weighted by Crippen LogP contribution is 2.14. The van der Waals surface area contributed by atoms with Crippen molar-refractivity contribution in [1.82, 2.24) is 10.2 Å². The molecule has 1 aliphatic rings. The van der Waals surface area contributed by atoms with Crippen LogP contribution in [0.2, 0.25) is 0 Å². The van der Waals surface area contributed by atoms with Crippen LogP contribution in [0.5, 0.6) is 0 Å². The molecule has 0 aromatic heterocycles. The summed E-state index contributed by atoms with van der Waals surface area (Å²) in [6, 6.07) is 0.400. The van der Waals surface area contributed by atoms with Gasteiger partial charge in [-0.15, -0.1) is 6.58 Å². The van der Waals surface area contributed by atoms with E-state index in [0.717, 1.165) is 26.1 Å². The number of likely N-dealkylation sites (N-methyl/N-ethyl adjacent to an activating group) is 1. The fraction of sp³-hybridized carbons (Fsp3) is 0.846. The maximum atomic E-state index is 5.86. The fourth-order valence-corrected chi connectivity index (χ4v) is 2.29. The first-order chi connectivity index (χ1) is 7.67. The van der Waals surface area contributed by atoms with Gasteiger partial charge < -0.3 is 10.1 Å². The molecule has 1 rings (SSSR count). The summed E-state index contributed by atoms with van der Waals surface area (Å²) in [6.45, 7) is 12.5. The minimum absolute atomic E-state index is 0.307. The molecular weight excluding hydrogens is 200 g/mol. The number of rotatable bonds is 6. The number of ether oxygens (including phenoxy) is 1. The van der Waals surface area contributed by atoms with E-state index in [4.69, 9.17) is 4.74 Å². The van der Waals surface area contributed by atoms with E-state index in [9.17, 15) is 0 Å². The highest BCUT2D eigenvalue weighted by molar-refractivity contribution is 4.96. The van der Waals surface area contributed by atoms with Crippen molar-refractivity contribution in [2.24, 2.45) is 0 Å². The van der Waals surface area contributed by atoms with Crippen LogP contribution < -0.4 is 5.32 Å². The van der Waals surface area contributed by atoms with Crippen molar-refractivity contribution in [3.63, 3.8) is 0 Å². The van der Waals surface area contributed by atoms with Crippen molar-refractivity contribution < 1.29 is 4.74 Å². The molecule has 0 spiro atoms. The van der Waals surface area contributed by atoms with Gasteiger partial charge in [-0.3, -0.25) is 4.90 Å². The third kappa shape index (κ3) is 4.24. The Morgan fingerprint density at radius 1 is 1.62 bits per heavy atom. The Balaban J connectivity index is 2.46. The van der Waals surface area contributed by atoms with Crippen molar-refractivity contribution in [2.45, 2.75) is 38.8 Å². The molecule has 1 saturated heterocycles. The Hall–Kier alpha value is -0.380. The summed E-state index contributed by atoms with van der Waals surface area (Å²) in [5.74, 6) is 0. The molecule has 1 aliphatic heterocycles. The summed E-state index contributed by atoms with van der Waals surface area (Å²) >= 11 is 0. The standard InChI is InChI=1S/C13H26N2O/c1-5-6-15-7-8-16-13(10-15)12(14-4)9-11(2)3/h12-14H,2,5-10H2,1,3-4H3. The van der Waals surface area contributed by atoms with Crippen molar-refractivity contribution in [2.75, 3.05) is 33.3 Å². The van der Waals surface area contributed by atoms with Gasteiger partial charge in [0.05, 0.1) is 12.7 Å². The van der Waals surface area contributed by atoms with E-state index in [1.54, 1.807) is 0 Å². The lowest BCUT2D eigenvalue weighted by molar-refractivity contribution is -0.0450. The largest absolute Gasteiger partial charge is 0.374 e. The summed E-state index contributed by atoms with van der Waals surface area (Å²) in [5.41, 5.74) is 1.22. The van der Waals surface area contributed by atoms with Crippen LogP contribution in [0.1, 0.15) is 26.7 Å². The molecule has 1 fully saturated rings. The predicted molar refractivity (Wildman–Crippen MR) is 68.7 cm³/mol. The Bertz CT molecular complexity index is 216. The minimum atomic E-state index is 0.307. The van der Waals surface area contributed by atoms with Gasteiger partial charge in [0.1, 0.15) is 0 Å². The molecule has 1 N–H and O–H groups in total. The first kappa shape index (κ1) is 13.7. The fourth-order valence-electron chi connectivity index (χ4n) is 2.29. The molecule has 94 valence electrons. The molecule has 3 heteroatoms. The van der Waals surface area contributed by atoms with E-state index < -0.39 is 0 Å². The zero-order valence-corrected chi connectivity index (χ0v) is 11.0. The van der Waals surface area contributed by atoms with E-state index >= 15 is 0 Å². The molecule has 0 aliphatic carbocycles.